The molecule has 2 rings (SSSR count). The number of rotatable bonds is 4. The smallest absolute Gasteiger partial charge is 0.227 e. The summed E-state index contributed by atoms with van der Waals surface area (Å²) in [6.07, 6.45) is 1.50. The maximum Gasteiger partial charge on any atom is 0.227 e. The lowest BCUT2D eigenvalue weighted by Crippen LogP contribution is -2.31. The van der Waals surface area contributed by atoms with Gasteiger partial charge in [0.2, 0.25) is 5.91 Å². The number of carbonyl (C=O) groups is 1. The zero-order chi connectivity index (χ0) is 13.0. The standard InChI is InChI=1S/C14H19ClN2O/c1-16-9-11-6-7-17(10-11)14(18)8-12-4-2-3-5-13(12)15/h2-5,11,16H,6-10H2,1H3. The van der Waals surface area contributed by atoms with E-state index in [2.05, 4.69) is 5.32 Å². The number of hydrogen-bond donors (Lipinski definition) is 1. The van der Waals surface area contributed by atoms with Crippen molar-refractivity contribution in [3.63, 3.8) is 0 Å². The van der Waals surface area contributed by atoms with Gasteiger partial charge >= 0.3 is 0 Å². The highest BCUT2D eigenvalue weighted by Gasteiger charge is 2.25. The molecular formula is C14H19ClN2O. The molecule has 4 heteroatoms. The zero-order valence-corrected chi connectivity index (χ0v) is 11.4. The monoisotopic (exact) mass is 266 g/mol. The average molecular weight is 267 g/mol. The number of benzene rings is 1. The summed E-state index contributed by atoms with van der Waals surface area (Å²) in [7, 11) is 1.95. The molecule has 1 amide bonds. The van der Waals surface area contributed by atoms with Crippen LogP contribution in [0.3, 0.4) is 0 Å². The molecule has 1 heterocycles. The SMILES string of the molecule is CNCC1CCN(C(=O)Cc2ccccc2Cl)C1. The van der Waals surface area contributed by atoms with Crippen LogP contribution in [-0.4, -0.2) is 37.5 Å². The largest absolute Gasteiger partial charge is 0.342 e. The number of amides is 1. The topological polar surface area (TPSA) is 32.3 Å². The third-order valence-electron chi connectivity index (χ3n) is 3.43. The van der Waals surface area contributed by atoms with Crippen LogP contribution in [0.1, 0.15) is 12.0 Å². The van der Waals surface area contributed by atoms with Gasteiger partial charge in [0.25, 0.3) is 0 Å². The van der Waals surface area contributed by atoms with E-state index in [-0.39, 0.29) is 5.91 Å². The third-order valence-corrected chi connectivity index (χ3v) is 3.80. The minimum atomic E-state index is 0.182. The normalized spacial score (nSPS) is 19.2. The van der Waals surface area contributed by atoms with Gasteiger partial charge in [-0.05, 0) is 37.6 Å². The van der Waals surface area contributed by atoms with E-state index in [1.54, 1.807) is 0 Å². The summed E-state index contributed by atoms with van der Waals surface area (Å²) in [5.74, 6) is 0.770. The first-order valence-electron chi connectivity index (χ1n) is 6.36. The Hall–Kier alpha value is -1.06. The van der Waals surface area contributed by atoms with Crippen molar-refractivity contribution < 1.29 is 4.79 Å². The van der Waals surface area contributed by atoms with Crippen molar-refractivity contribution in [2.24, 2.45) is 5.92 Å². The molecule has 1 atom stereocenters. The number of nitrogens with zero attached hydrogens (tertiary/aromatic N) is 1. The van der Waals surface area contributed by atoms with Crippen LogP contribution in [0.15, 0.2) is 24.3 Å². The van der Waals surface area contributed by atoms with Gasteiger partial charge in [-0.25, -0.2) is 0 Å². The molecule has 98 valence electrons. The molecule has 0 saturated carbocycles. The van der Waals surface area contributed by atoms with Crippen LogP contribution >= 0.6 is 11.6 Å². The molecule has 0 bridgehead atoms. The van der Waals surface area contributed by atoms with Crippen molar-refractivity contribution >= 4 is 17.5 Å². The van der Waals surface area contributed by atoms with E-state index < -0.39 is 0 Å². The maximum absolute atomic E-state index is 12.2. The van der Waals surface area contributed by atoms with Gasteiger partial charge in [-0.1, -0.05) is 29.8 Å². The van der Waals surface area contributed by atoms with Gasteiger partial charge in [-0.2, -0.15) is 0 Å². The van der Waals surface area contributed by atoms with Gasteiger partial charge in [-0.15, -0.1) is 0 Å². The first kappa shape index (κ1) is 13.4. The molecule has 1 aliphatic rings. The molecule has 1 aliphatic heterocycles. The molecular weight excluding hydrogens is 248 g/mol. The predicted molar refractivity (Wildman–Crippen MR) is 73.8 cm³/mol. The number of hydrogen-bond acceptors (Lipinski definition) is 2. The quantitative estimate of drug-likeness (QED) is 0.904. The Labute approximate surface area is 113 Å². The number of halogens is 1. The van der Waals surface area contributed by atoms with E-state index in [0.29, 0.717) is 17.4 Å². The Morgan fingerprint density at radius 2 is 2.28 bits per heavy atom. The van der Waals surface area contributed by atoms with Crippen molar-refractivity contribution in [3.05, 3.63) is 34.9 Å². The van der Waals surface area contributed by atoms with E-state index in [9.17, 15) is 4.79 Å². The number of nitrogens with one attached hydrogen (secondary N) is 1. The van der Waals surface area contributed by atoms with Crippen LogP contribution in [0.4, 0.5) is 0 Å². The van der Waals surface area contributed by atoms with Gasteiger partial charge in [0.05, 0.1) is 6.42 Å². The van der Waals surface area contributed by atoms with Crippen molar-refractivity contribution in [2.75, 3.05) is 26.7 Å². The highest BCUT2D eigenvalue weighted by molar-refractivity contribution is 6.31. The lowest BCUT2D eigenvalue weighted by molar-refractivity contribution is -0.129. The second-order valence-corrected chi connectivity index (χ2v) is 5.23. The number of likely N-dealkylation sites (tertiary alicyclic amines) is 1. The fourth-order valence-electron chi connectivity index (χ4n) is 2.43. The molecule has 1 aromatic rings. The van der Waals surface area contributed by atoms with Crippen LogP contribution in [0.25, 0.3) is 0 Å². The summed E-state index contributed by atoms with van der Waals surface area (Å²) in [6, 6.07) is 7.55. The van der Waals surface area contributed by atoms with Gasteiger partial charge in [0, 0.05) is 18.1 Å². The molecule has 1 N–H and O–H groups in total. The van der Waals surface area contributed by atoms with Crippen molar-refractivity contribution in [1.29, 1.82) is 0 Å². The lowest BCUT2D eigenvalue weighted by atomic mass is 10.1. The zero-order valence-electron chi connectivity index (χ0n) is 10.7. The highest BCUT2D eigenvalue weighted by Crippen LogP contribution is 2.19. The van der Waals surface area contributed by atoms with Crippen LogP contribution in [-0.2, 0) is 11.2 Å². The van der Waals surface area contributed by atoms with Crippen LogP contribution < -0.4 is 5.32 Å². The molecule has 0 aliphatic carbocycles. The van der Waals surface area contributed by atoms with Crippen molar-refractivity contribution in [1.82, 2.24) is 10.2 Å². The molecule has 18 heavy (non-hydrogen) atoms. The van der Waals surface area contributed by atoms with Crippen LogP contribution in [0.2, 0.25) is 5.02 Å². The van der Waals surface area contributed by atoms with E-state index in [4.69, 9.17) is 11.6 Å². The van der Waals surface area contributed by atoms with Crippen LogP contribution in [0, 0.1) is 5.92 Å². The summed E-state index contributed by atoms with van der Waals surface area (Å²) in [5.41, 5.74) is 0.918. The van der Waals surface area contributed by atoms with E-state index >= 15 is 0 Å². The van der Waals surface area contributed by atoms with E-state index in [1.807, 2.05) is 36.2 Å². The number of carbonyl (C=O) groups excluding carboxylic acids is 1. The molecule has 0 spiro atoms. The Morgan fingerprint density at radius 3 is 3.00 bits per heavy atom. The van der Waals surface area contributed by atoms with Gasteiger partial charge in [-0.3, -0.25) is 4.79 Å². The van der Waals surface area contributed by atoms with E-state index in [0.717, 1.165) is 31.6 Å². The molecule has 0 aromatic heterocycles. The highest BCUT2D eigenvalue weighted by atomic mass is 35.5. The molecule has 1 aromatic carbocycles. The van der Waals surface area contributed by atoms with Gasteiger partial charge in [0.15, 0.2) is 0 Å². The third kappa shape index (κ3) is 3.24. The van der Waals surface area contributed by atoms with E-state index in [1.165, 1.54) is 0 Å². The van der Waals surface area contributed by atoms with Crippen molar-refractivity contribution in [3.8, 4) is 0 Å². The molecule has 0 radical (unpaired) electrons. The molecule has 1 fully saturated rings. The Kier molecular flexibility index (Phi) is 4.61. The summed E-state index contributed by atoms with van der Waals surface area (Å²) in [6.45, 7) is 2.72. The van der Waals surface area contributed by atoms with Crippen LogP contribution in [0.5, 0.6) is 0 Å². The predicted octanol–water partition coefficient (Wildman–Crippen LogP) is 1.95. The molecule has 1 unspecified atom stereocenters. The summed E-state index contributed by atoms with van der Waals surface area (Å²) in [4.78, 5) is 14.1. The Morgan fingerprint density at radius 1 is 1.50 bits per heavy atom. The Balaban J connectivity index is 1.91. The Bertz CT molecular complexity index is 422. The first-order valence-corrected chi connectivity index (χ1v) is 6.74. The average Bonchev–Trinajstić information content (AvgIpc) is 2.81. The first-order chi connectivity index (χ1) is 8.70. The summed E-state index contributed by atoms with van der Waals surface area (Å²) < 4.78 is 0. The minimum Gasteiger partial charge on any atom is -0.342 e. The fourth-order valence-corrected chi connectivity index (χ4v) is 2.63. The van der Waals surface area contributed by atoms with Gasteiger partial charge < -0.3 is 10.2 Å². The second kappa shape index (κ2) is 6.21. The molecule has 1 saturated heterocycles. The second-order valence-electron chi connectivity index (χ2n) is 4.82. The fraction of sp³-hybridized carbons (Fsp3) is 0.500. The lowest BCUT2D eigenvalue weighted by Gasteiger charge is -2.17. The summed E-state index contributed by atoms with van der Waals surface area (Å²) >= 11 is 6.07. The molecule has 3 nitrogen and oxygen atoms in total. The minimum absolute atomic E-state index is 0.182. The van der Waals surface area contributed by atoms with Crippen molar-refractivity contribution in [2.45, 2.75) is 12.8 Å². The summed E-state index contributed by atoms with van der Waals surface area (Å²) in [5, 5.41) is 3.85. The van der Waals surface area contributed by atoms with Gasteiger partial charge in [0.1, 0.15) is 0 Å². The maximum atomic E-state index is 12.2.